The van der Waals surface area contributed by atoms with Gasteiger partial charge in [0.1, 0.15) is 0 Å². The molecule has 0 amide bonds. The van der Waals surface area contributed by atoms with Crippen LogP contribution < -0.4 is 0 Å². The molecule has 0 fully saturated rings. The van der Waals surface area contributed by atoms with Gasteiger partial charge in [0.2, 0.25) is 0 Å². The lowest BCUT2D eigenvalue weighted by Crippen LogP contribution is -1.97. The minimum absolute atomic E-state index is 0.460. The predicted octanol–water partition coefficient (Wildman–Crippen LogP) is 7.51. The Balaban J connectivity index is 1.68. The van der Waals surface area contributed by atoms with E-state index in [1.165, 1.54) is 55.2 Å². The Morgan fingerprint density at radius 1 is 0.643 bits per heavy atom. The van der Waals surface area contributed by atoms with Crippen LogP contribution in [0.15, 0.2) is 84.9 Å². The molecule has 0 radical (unpaired) electrons. The van der Waals surface area contributed by atoms with Crippen LogP contribution in [0.25, 0.3) is 44.1 Å². The van der Waals surface area contributed by atoms with Gasteiger partial charge in [-0.25, -0.2) is 0 Å². The second-order valence-corrected chi connectivity index (χ2v) is 7.71. The van der Waals surface area contributed by atoms with Crippen molar-refractivity contribution in [1.82, 2.24) is 4.98 Å². The first kappa shape index (κ1) is 15.7. The van der Waals surface area contributed by atoms with Crippen LogP contribution in [0.2, 0.25) is 0 Å². The van der Waals surface area contributed by atoms with E-state index in [0.29, 0.717) is 5.92 Å². The van der Waals surface area contributed by atoms with Crippen molar-refractivity contribution < 1.29 is 0 Å². The number of hydrogen-bond donors (Lipinski definition) is 1. The van der Waals surface area contributed by atoms with Crippen LogP contribution in [0.5, 0.6) is 0 Å². The van der Waals surface area contributed by atoms with Gasteiger partial charge in [0.05, 0.1) is 5.52 Å². The van der Waals surface area contributed by atoms with Gasteiger partial charge < -0.3 is 4.98 Å². The molecule has 0 saturated carbocycles. The van der Waals surface area contributed by atoms with Gasteiger partial charge >= 0.3 is 0 Å². The lowest BCUT2D eigenvalue weighted by molar-refractivity contribution is 0.799. The molecule has 1 nitrogen and oxygen atoms in total. The minimum Gasteiger partial charge on any atom is -0.354 e. The fourth-order valence-corrected chi connectivity index (χ4v) is 5.13. The van der Waals surface area contributed by atoms with E-state index in [1.807, 2.05) is 0 Å². The van der Waals surface area contributed by atoms with E-state index in [2.05, 4.69) is 96.8 Å². The smallest absolute Gasteiger partial charge is 0.0544 e. The van der Waals surface area contributed by atoms with Crippen molar-refractivity contribution in [1.29, 1.82) is 0 Å². The number of rotatable bonds is 2. The molecular weight excluding hydrogens is 338 g/mol. The van der Waals surface area contributed by atoms with Crippen molar-refractivity contribution in [2.45, 2.75) is 19.3 Å². The summed E-state index contributed by atoms with van der Waals surface area (Å²) in [7, 11) is 0. The highest BCUT2D eigenvalue weighted by molar-refractivity contribution is 6.12. The third-order valence-electron chi connectivity index (χ3n) is 6.32. The van der Waals surface area contributed by atoms with Gasteiger partial charge in [0.15, 0.2) is 0 Å². The highest BCUT2D eigenvalue weighted by Crippen LogP contribution is 2.50. The second-order valence-electron chi connectivity index (χ2n) is 7.71. The zero-order valence-corrected chi connectivity index (χ0v) is 15.9. The summed E-state index contributed by atoms with van der Waals surface area (Å²) in [5, 5.41) is 2.59. The molecule has 28 heavy (non-hydrogen) atoms. The number of nitrogens with one attached hydrogen (secondary N) is 1. The van der Waals surface area contributed by atoms with Gasteiger partial charge in [-0.3, -0.25) is 0 Å². The van der Waals surface area contributed by atoms with Crippen molar-refractivity contribution in [3.63, 3.8) is 0 Å². The summed E-state index contributed by atoms with van der Waals surface area (Å²) < 4.78 is 0. The Labute approximate surface area is 164 Å². The molecule has 4 aromatic carbocycles. The van der Waals surface area contributed by atoms with Crippen molar-refractivity contribution in [2.24, 2.45) is 0 Å². The highest BCUT2D eigenvalue weighted by Gasteiger charge is 2.30. The average Bonchev–Trinajstić information content (AvgIpc) is 3.29. The first-order valence-corrected chi connectivity index (χ1v) is 10.1. The first-order chi connectivity index (χ1) is 13.9. The van der Waals surface area contributed by atoms with Gasteiger partial charge in [-0.2, -0.15) is 0 Å². The van der Waals surface area contributed by atoms with Crippen molar-refractivity contribution in [2.75, 3.05) is 0 Å². The molecule has 1 atom stereocenters. The lowest BCUT2D eigenvalue weighted by atomic mass is 9.87. The predicted molar refractivity (Wildman–Crippen MR) is 119 cm³/mol. The molecular formula is C27H21N. The monoisotopic (exact) mass is 359 g/mol. The van der Waals surface area contributed by atoms with Crippen LogP contribution in [0, 0.1) is 0 Å². The van der Waals surface area contributed by atoms with Crippen LogP contribution in [0.1, 0.15) is 30.4 Å². The van der Waals surface area contributed by atoms with E-state index in [1.54, 1.807) is 0 Å². The normalized spacial score (nSPS) is 15.1. The Hall–Kier alpha value is -3.32. The number of aromatic nitrogens is 1. The summed E-state index contributed by atoms with van der Waals surface area (Å²) in [6.07, 6.45) is 1.11. The molecule has 0 spiro atoms. The standard InChI is InChI=1S/C27H21N/c1-2-17-18-9-3-4-10-19(18)21-12-7-13-22(26(17)21)24-15-8-14-23-20-11-5-6-16-25(20)28-27(23)24/h3-17,28H,2H2,1H3. The summed E-state index contributed by atoms with van der Waals surface area (Å²) >= 11 is 0. The fraction of sp³-hybridized carbons (Fsp3) is 0.111. The van der Waals surface area contributed by atoms with Crippen molar-refractivity contribution in [3.05, 3.63) is 96.1 Å². The van der Waals surface area contributed by atoms with E-state index in [4.69, 9.17) is 0 Å². The average molecular weight is 359 g/mol. The molecule has 1 aliphatic rings. The second kappa shape index (κ2) is 5.84. The zero-order chi connectivity index (χ0) is 18.7. The van der Waals surface area contributed by atoms with Crippen LogP contribution in [-0.4, -0.2) is 4.98 Å². The fourth-order valence-electron chi connectivity index (χ4n) is 5.13. The molecule has 0 saturated heterocycles. The topological polar surface area (TPSA) is 15.8 Å². The molecule has 0 bridgehead atoms. The Kier molecular flexibility index (Phi) is 3.28. The van der Waals surface area contributed by atoms with E-state index >= 15 is 0 Å². The summed E-state index contributed by atoms with van der Waals surface area (Å²) in [5.41, 5.74) is 10.8. The summed E-state index contributed by atoms with van der Waals surface area (Å²) in [6.45, 7) is 2.30. The van der Waals surface area contributed by atoms with Crippen LogP contribution in [0.3, 0.4) is 0 Å². The molecule has 6 rings (SSSR count). The van der Waals surface area contributed by atoms with Crippen molar-refractivity contribution >= 4 is 21.8 Å². The number of fused-ring (bicyclic) bond motifs is 6. The molecule has 1 aromatic heterocycles. The number of benzene rings is 4. The SMILES string of the molecule is CCC1c2ccccc2-c2cccc(-c3cccc4c3[nH]c3ccccc34)c21. The number of hydrogen-bond acceptors (Lipinski definition) is 0. The van der Waals surface area contributed by atoms with Crippen LogP contribution in [0.4, 0.5) is 0 Å². The van der Waals surface area contributed by atoms with Gasteiger partial charge in [-0.1, -0.05) is 85.8 Å². The Morgan fingerprint density at radius 2 is 1.29 bits per heavy atom. The van der Waals surface area contributed by atoms with Crippen molar-refractivity contribution in [3.8, 4) is 22.3 Å². The van der Waals surface area contributed by atoms with E-state index in [9.17, 15) is 0 Å². The number of para-hydroxylation sites is 2. The van der Waals surface area contributed by atoms with Gasteiger partial charge in [-0.15, -0.1) is 0 Å². The number of aromatic amines is 1. The molecule has 5 aromatic rings. The van der Waals surface area contributed by atoms with Gasteiger partial charge in [0.25, 0.3) is 0 Å². The zero-order valence-electron chi connectivity index (χ0n) is 15.9. The number of H-pyrrole nitrogens is 1. The molecule has 1 unspecified atom stereocenters. The molecule has 0 aliphatic heterocycles. The summed E-state index contributed by atoms with van der Waals surface area (Å²) in [6, 6.07) is 31.0. The maximum Gasteiger partial charge on any atom is 0.0544 e. The Morgan fingerprint density at radius 3 is 2.18 bits per heavy atom. The van der Waals surface area contributed by atoms with Crippen LogP contribution in [-0.2, 0) is 0 Å². The molecule has 1 heteroatoms. The maximum atomic E-state index is 3.69. The molecule has 1 N–H and O–H groups in total. The highest BCUT2D eigenvalue weighted by atomic mass is 14.7. The largest absolute Gasteiger partial charge is 0.354 e. The molecule has 1 aliphatic carbocycles. The third kappa shape index (κ3) is 2.02. The quantitative estimate of drug-likeness (QED) is 0.336. The van der Waals surface area contributed by atoms with Crippen LogP contribution >= 0.6 is 0 Å². The molecule has 134 valence electrons. The van der Waals surface area contributed by atoms with Gasteiger partial charge in [-0.05, 0) is 40.3 Å². The van der Waals surface area contributed by atoms with E-state index < -0.39 is 0 Å². The summed E-state index contributed by atoms with van der Waals surface area (Å²) in [4.78, 5) is 3.69. The third-order valence-corrected chi connectivity index (χ3v) is 6.32. The van der Waals surface area contributed by atoms with E-state index in [-0.39, 0.29) is 0 Å². The van der Waals surface area contributed by atoms with Gasteiger partial charge in [0, 0.05) is 27.8 Å². The Bertz CT molecular complexity index is 1360. The molecule has 1 heterocycles. The maximum absolute atomic E-state index is 3.69. The minimum atomic E-state index is 0.460. The first-order valence-electron chi connectivity index (χ1n) is 10.1. The summed E-state index contributed by atoms with van der Waals surface area (Å²) in [5.74, 6) is 0.460. The lowest BCUT2D eigenvalue weighted by Gasteiger charge is -2.16. The van der Waals surface area contributed by atoms with E-state index in [0.717, 1.165) is 6.42 Å².